The Kier molecular flexibility index (Phi) is 3.44. The molecule has 6 nitrogen and oxygen atoms in total. The van der Waals surface area contributed by atoms with Crippen molar-refractivity contribution in [1.29, 1.82) is 0 Å². The van der Waals surface area contributed by atoms with E-state index in [1.807, 2.05) is 30.3 Å². The standard InChI is InChI=1S/C16H17N3O3/c1-16(15(21)22)7-8-19(10-16)14(20)12-9-17-18-13(12)11-5-3-2-4-6-11/h2-6,9H,7-8,10H2,1H3,(H,17,18)(H,21,22). The SMILES string of the molecule is CC1(C(=O)O)CCN(C(=O)c2cn[nH]c2-c2ccccc2)C1. The Bertz CT molecular complexity index is 710. The van der Waals surface area contributed by atoms with Crippen LogP contribution in [-0.2, 0) is 4.79 Å². The fourth-order valence-electron chi connectivity index (χ4n) is 2.75. The lowest BCUT2D eigenvalue weighted by molar-refractivity contribution is -0.147. The Morgan fingerprint density at radius 1 is 1.32 bits per heavy atom. The number of aromatic amines is 1. The van der Waals surface area contributed by atoms with Crippen molar-refractivity contribution in [1.82, 2.24) is 15.1 Å². The van der Waals surface area contributed by atoms with Crippen LogP contribution in [0.25, 0.3) is 11.3 Å². The van der Waals surface area contributed by atoms with E-state index in [1.165, 1.54) is 6.20 Å². The Morgan fingerprint density at radius 2 is 2.05 bits per heavy atom. The number of carboxylic acid groups (broad SMARTS) is 1. The first-order valence-corrected chi connectivity index (χ1v) is 7.13. The molecule has 0 saturated carbocycles. The minimum atomic E-state index is -0.869. The summed E-state index contributed by atoms with van der Waals surface area (Å²) in [6, 6.07) is 9.48. The molecular weight excluding hydrogens is 282 g/mol. The highest BCUT2D eigenvalue weighted by molar-refractivity contribution is 6.00. The molecule has 1 aromatic carbocycles. The van der Waals surface area contributed by atoms with Gasteiger partial charge in [0.15, 0.2) is 0 Å². The maximum Gasteiger partial charge on any atom is 0.311 e. The maximum absolute atomic E-state index is 12.7. The van der Waals surface area contributed by atoms with E-state index in [9.17, 15) is 14.7 Å². The first-order chi connectivity index (χ1) is 10.5. The predicted octanol–water partition coefficient (Wildman–Crippen LogP) is 2.01. The van der Waals surface area contributed by atoms with Crippen molar-refractivity contribution in [2.75, 3.05) is 13.1 Å². The van der Waals surface area contributed by atoms with Gasteiger partial charge in [0.1, 0.15) is 0 Å². The number of H-pyrrole nitrogens is 1. The molecule has 0 aliphatic carbocycles. The maximum atomic E-state index is 12.7. The number of hydrogen-bond donors (Lipinski definition) is 2. The summed E-state index contributed by atoms with van der Waals surface area (Å²) in [4.78, 5) is 25.6. The van der Waals surface area contributed by atoms with Gasteiger partial charge in [-0.25, -0.2) is 0 Å². The molecule has 1 aliphatic heterocycles. The second-order valence-electron chi connectivity index (χ2n) is 5.87. The van der Waals surface area contributed by atoms with Crippen molar-refractivity contribution in [3.8, 4) is 11.3 Å². The van der Waals surface area contributed by atoms with Gasteiger partial charge in [0.2, 0.25) is 0 Å². The van der Waals surface area contributed by atoms with Crippen LogP contribution in [0.1, 0.15) is 23.7 Å². The average Bonchev–Trinajstić information content (AvgIpc) is 3.15. The van der Waals surface area contributed by atoms with E-state index in [4.69, 9.17) is 0 Å². The number of carbonyl (C=O) groups is 2. The number of nitrogens with zero attached hydrogens (tertiary/aromatic N) is 2. The normalized spacial score (nSPS) is 21.0. The predicted molar refractivity (Wildman–Crippen MR) is 80.3 cm³/mol. The Hall–Kier alpha value is -2.63. The molecule has 6 heteroatoms. The van der Waals surface area contributed by atoms with Gasteiger partial charge in [-0.1, -0.05) is 30.3 Å². The number of rotatable bonds is 3. The van der Waals surface area contributed by atoms with E-state index >= 15 is 0 Å². The molecule has 1 aromatic heterocycles. The summed E-state index contributed by atoms with van der Waals surface area (Å²) in [5, 5.41) is 16.1. The summed E-state index contributed by atoms with van der Waals surface area (Å²) < 4.78 is 0. The first kappa shape index (κ1) is 14.3. The number of benzene rings is 1. The number of carboxylic acids is 1. The molecule has 1 fully saturated rings. The van der Waals surface area contributed by atoms with E-state index in [-0.39, 0.29) is 12.5 Å². The molecule has 0 radical (unpaired) electrons. The molecule has 1 saturated heterocycles. The van der Waals surface area contributed by atoms with Crippen LogP contribution in [0.2, 0.25) is 0 Å². The number of amides is 1. The fourth-order valence-corrected chi connectivity index (χ4v) is 2.75. The molecule has 22 heavy (non-hydrogen) atoms. The van der Waals surface area contributed by atoms with Gasteiger partial charge in [0, 0.05) is 18.7 Å². The fraction of sp³-hybridized carbons (Fsp3) is 0.312. The van der Waals surface area contributed by atoms with Crippen LogP contribution >= 0.6 is 0 Å². The molecule has 1 atom stereocenters. The van der Waals surface area contributed by atoms with Gasteiger partial charge in [-0.2, -0.15) is 5.10 Å². The van der Waals surface area contributed by atoms with Crippen LogP contribution in [0, 0.1) is 5.41 Å². The molecule has 0 bridgehead atoms. The summed E-state index contributed by atoms with van der Waals surface area (Å²) >= 11 is 0. The third-order valence-electron chi connectivity index (χ3n) is 4.21. The molecule has 2 N–H and O–H groups in total. The van der Waals surface area contributed by atoms with Crippen molar-refractivity contribution in [3.05, 3.63) is 42.1 Å². The van der Waals surface area contributed by atoms with Gasteiger partial charge >= 0.3 is 5.97 Å². The number of carbonyl (C=O) groups excluding carboxylic acids is 1. The Labute approximate surface area is 127 Å². The van der Waals surface area contributed by atoms with Crippen LogP contribution in [0.4, 0.5) is 0 Å². The summed E-state index contributed by atoms with van der Waals surface area (Å²) in [6.07, 6.45) is 1.97. The van der Waals surface area contributed by atoms with Gasteiger partial charge in [-0.05, 0) is 13.3 Å². The van der Waals surface area contributed by atoms with Crippen LogP contribution in [-0.4, -0.2) is 45.2 Å². The zero-order chi connectivity index (χ0) is 15.7. The van der Waals surface area contributed by atoms with Crippen molar-refractivity contribution < 1.29 is 14.7 Å². The van der Waals surface area contributed by atoms with E-state index in [0.29, 0.717) is 24.2 Å². The Morgan fingerprint density at radius 3 is 2.68 bits per heavy atom. The lowest BCUT2D eigenvalue weighted by Gasteiger charge is -2.20. The largest absolute Gasteiger partial charge is 0.481 e. The van der Waals surface area contributed by atoms with Gasteiger partial charge in [0.25, 0.3) is 5.91 Å². The quantitative estimate of drug-likeness (QED) is 0.907. The monoisotopic (exact) mass is 299 g/mol. The second-order valence-corrected chi connectivity index (χ2v) is 5.87. The highest BCUT2D eigenvalue weighted by Crippen LogP contribution is 2.32. The van der Waals surface area contributed by atoms with E-state index < -0.39 is 11.4 Å². The molecule has 114 valence electrons. The van der Waals surface area contributed by atoms with E-state index in [1.54, 1.807) is 11.8 Å². The summed E-state index contributed by atoms with van der Waals surface area (Å²) in [6.45, 7) is 2.34. The smallest absolute Gasteiger partial charge is 0.311 e. The molecular formula is C16H17N3O3. The minimum Gasteiger partial charge on any atom is -0.481 e. The van der Waals surface area contributed by atoms with Gasteiger partial charge in [-0.3, -0.25) is 14.7 Å². The van der Waals surface area contributed by atoms with Gasteiger partial charge < -0.3 is 10.0 Å². The third kappa shape index (κ3) is 2.36. The van der Waals surface area contributed by atoms with Crippen LogP contribution < -0.4 is 0 Å². The number of hydrogen-bond acceptors (Lipinski definition) is 3. The van der Waals surface area contributed by atoms with E-state index in [0.717, 1.165) is 5.56 Å². The first-order valence-electron chi connectivity index (χ1n) is 7.13. The zero-order valence-electron chi connectivity index (χ0n) is 12.2. The average molecular weight is 299 g/mol. The van der Waals surface area contributed by atoms with Crippen molar-refractivity contribution in [2.24, 2.45) is 5.41 Å². The molecule has 1 unspecified atom stereocenters. The van der Waals surface area contributed by atoms with Crippen molar-refractivity contribution >= 4 is 11.9 Å². The zero-order valence-corrected chi connectivity index (χ0v) is 12.2. The topological polar surface area (TPSA) is 86.3 Å². The van der Waals surface area contributed by atoms with Crippen LogP contribution in [0.3, 0.4) is 0 Å². The molecule has 1 aliphatic rings. The lowest BCUT2D eigenvalue weighted by atomic mass is 9.90. The van der Waals surface area contributed by atoms with Gasteiger partial charge in [-0.15, -0.1) is 0 Å². The highest BCUT2D eigenvalue weighted by atomic mass is 16.4. The molecule has 3 rings (SSSR count). The lowest BCUT2D eigenvalue weighted by Crippen LogP contribution is -2.34. The number of likely N-dealkylation sites (tertiary alicyclic amines) is 1. The summed E-state index contributed by atoms with van der Waals surface area (Å²) in [5.41, 5.74) is 1.14. The van der Waals surface area contributed by atoms with E-state index in [2.05, 4.69) is 10.2 Å². The summed E-state index contributed by atoms with van der Waals surface area (Å²) in [5.74, 6) is -1.05. The van der Waals surface area contributed by atoms with Crippen LogP contribution in [0.15, 0.2) is 36.5 Å². The van der Waals surface area contributed by atoms with Crippen molar-refractivity contribution in [2.45, 2.75) is 13.3 Å². The van der Waals surface area contributed by atoms with Crippen molar-refractivity contribution in [3.63, 3.8) is 0 Å². The van der Waals surface area contributed by atoms with Crippen LogP contribution in [0.5, 0.6) is 0 Å². The molecule has 1 amide bonds. The second kappa shape index (κ2) is 5.29. The molecule has 2 aromatic rings. The summed E-state index contributed by atoms with van der Waals surface area (Å²) in [7, 11) is 0. The number of aliphatic carboxylic acids is 1. The highest BCUT2D eigenvalue weighted by Gasteiger charge is 2.42. The number of aromatic nitrogens is 2. The molecule has 2 heterocycles. The van der Waals surface area contributed by atoms with Gasteiger partial charge in [0.05, 0.1) is 22.9 Å². The number of nitrogens with one attached hydrogen (secondary N) is 1. The Balaban J connectivity index is 1.86. The third-order valence-corrected chi connectivity index (χ3v) is 4.21. The molecule has 0 spiro atoms. The minimum absolute atomic E-state index is 0.183.